The lowest BCUT2D eigenvalue weighted by molar-refractivity contribution is -0.242. The monoisotopic (exact) mass is 478 g/mol. The van der Waals surface area contributed by atoms with E-state index in [1.54, 1.807) is 11.8 Å². The van der Waals surface area contributed by atoms with Crippen molar-refractivity contribution < 1.29 is 18.9 Å². The van der Waals surface area contributed by atoms with E-state index >= 15 is 0 Å². The summed E-state index contributed by atoms with van der Waals surface area (Å²) in [6.45, 7) is 5.72. The van der Waals surface area contributed by atoms with Crippen molar-refractivity contribution in [2.24, 2.45) is 0 Å². The van der Waals surface area contributed by atoms with Crippen LogP contribution in [0.5, 0.6) is 0 Å². The molecule has 3 aromatic carbocycles. The minimum Gasteiger partial charge on any atom is -0.368 e. The minimum absolute atomic E-state index is 0.120. The van der Waals surface area contributed by atoms with Crippen LogP contribution in [-0.4, -0.2) is 35.6 Å². The van der Waals surface area contributed by atoms with Crippen LogP contribution in [-0.2, 0) is 38.8 Å². The molecule has 5 heteroatoms. The van der Waals surface area contributed by atoms with Gasteiger partial charge in [-0.15, -0.1) is 11.8 Å². The van der Waals surface area contributed by atoms with Gasteiger partial charge in [-0.1, -0.05) is 97.9 Å². The van der Waals surface area contributed by atoms with Gasteiger partial charge in [0.2, 0.25) is 0 Å². The van der Waals surface area contributed by atoms with E-state index in [9.17, 15) is 0 Å². The summed E-state index contributed by atoms with van der Waals surface area (Å²) in [5, 5.41) is 0. The van der Waals surface area contributed by atoms with Crippen molar-refractivity contribution in [3.63, 3.8) is 0 Å². The summed E-state index contributed by atoms with van der Waals surface area (Å²) in [5.74, 6) is 0.934. The molecule has 0 bridgehead atoms. The summed E-state index contributed by atoms with van der Waals surface area (Å²) in [7, 11) is 0. The van der Waals surface area contributed by atoms with E-state index in [1.165, 1.54) is 0 Å². The predicted octanol–water partition coefficient (Wildman–Crippen LogP) is 6.24. The van der Waals surface area contributed by atoms with Gasteiger partial charge in [-0.3, -0.25) is 0 Å². The van der Waals surface area contributed by atoms with E-state index in [-0.39, 0.29) is 29.9 Å². The zero-order valence-electron chi connectivity index (χ0n) is 19.9. The standard InChI is InChI=1S/C29H34O4S/c1-3-34-29-28(32-21-25-17-11-6-12-18-25)27(31-20-24-15-9-5-10-16-24)26(22(2)33-29)30-19-23-13-7-4-8-14-23/h4-18,22,26-29H,3,19-21H2,1-2H3/t22-,26?,27+,28-,29?/m0/s1. The summed E-state index contributed by atoms with van der Waals surface area (Å²) in [6.07, 6.45) is -0.894. The van der Waals surface area contributed by atoms with Crippen LogP contribution in [0.4, 0.5) is 0 Å². The van der Waals surface area contributed by atoms with Gasteiger partial charge in [0.05, 0.1) is 25.9 Å². The van der Waals surface area contributed by atoms with E-state index < -0.39 is 0 Å². The number of ether oxygens (including phenoxy) is 4. The highest BCUT2D eigenvalue weighted by Gasteiger charge is 2.46. The van der Waals surface area contributed by atoms with Crippen molar-refractivity contribution in [1.29, 1.82) is 0 Å². The topological polar surface area (TPSA) is 36.9 Å². The zero-order valence-corrected chi connectivity index (χ0v) is 20.7. The molecule has 5 atom stereocenters. The molecular formula is C29H34O4S. The van der Waals surface area contributed by atoms with E-state index in [2.05, 4.69) is 50.2 Å². The lowest BCUT2D eigenvalue weighted by Crippen LogP contribution is -2.58. The highest BCUT2D eigenvalue weighted by molar-refractivity contribution is 7.99. The van der Waals surface area contributed by atoms with Gasteiger partial charge < -0.3 is 18.9 Å². The lowest BCUT2D eigenvalue weighted by atomic mass is 9.99. The van der Waals surface area contributed by atoms with E-state index in [4.69, 9.17) is 18.9 Å². The fourth-order valence-corrected chi connectivity index (χ4v) is 5.17. The first-order chi connectivity index (χ1) is 16.7. The summed E-state index contributed by atoms with van der Waals surface area (Å²) in [6, 6.07) is 30.7. The van der Waals surface area contributed by atoms with Crippen LogP contribution in [0.3, 0.4) is 0 Å². The van der Waals surface area contributed by atoms with Gasteiger partial charge >= 0.3 is 0 Å². The molecule has 4 rings (SSSR count). The van der Waals surface area contributed by atoms with Crippen LogP contribution in [0.15, 0.2) is 91.0 Å². The fourth-order valence-electron chi connectivity index (χ4n) is 4.17. The third-order valence-electron chi connectivity index (χ3n) is 5.91. The second-order valence-electron chi connectivity index (χ2n) is 8.45. The second-order valence-corrected chi connectivity index (χ2v) is 9.82. The lowest BCUT2D eigenvalue weighted by Gasteiger charge is -2.45. The first kappa shape index (κ1) is 25.0. The first-order valence-electron chi connectivity index (χ1n) is 12.0. The molecule has 0 spiro atoms. The normalized spacial score (nSPS) is 24.7. The van der Waals surface area contributed by atoms with Gasteiger partial charge in [-0.05, 0) is 29.4 Å². The molecule has 0 amide bonds. The Morgan fingerprint density at radius 1 is 0.618 bits per heavy atom. The largest absolute Gasteiger partial charge is 0.368 e. The van der Waals surface area contributed by atoms with Crippen LogP contribution in [0.1, 0.15) is 30.5 Å². The zero-order chi connectivity index (χ0) is 23.6. The van der Waals surface area contributed by atoms with Crippen LogP contribution in [0.25, 0.3) is 0 Å². The molecule has 0 aromatic heterocycles. The third-order valence-corrected chi connectivity index (χ3v) is 6.96. The fraction of sp³-hybridized carbons (Fsp3) is 0.379. The van der Waals surface area contributed by atoms with E-state index in [0.29, 0.717) is 19.8 Å². The average molecular weight is 479 g/mol. The van der Waals surface area contributed by atoms with Crippen molar-refractivity contribution in [1.82, 2.24) is 0 Å². The van der Waals surface area contributed by atoms with Gasteiger partial charge in [0, 0.05) is 0 Å². The van der Waals surface area contributed by atoms with Crippen LogP contribution in [0.2, 0.25) is 0 Å². The molecule has 1 heterocycles. The molecule has 3 aromatic rings. The maximum atomic E-state index is 6.57. The maximum absolute atomic E-state index is 6.57. The Kier molecular flexibility index (Phi) is 9.60. The molecule has 4 nitrogen and oxygen atoms in total. The van der Waals surface area contributed by atoms with Crippen molar-refractivity contribution >= 4 is 11.8 Å². The molecule has 0 aliphatic carbocycles. The number of hydrogen-bond acceptors (Lipinski definition) is 5. The molecule has 1 aliphatic heterocycles. The van der Waals surface area contributed by atoms with Crippen molar-refractivity contribution in [2.45, 2.75) is 63.5 Å². The maximum Gasteiger partial charge on any atom is 0.132 e. The van der Waals surface area contributed by atoms with Crippen LogP contribution in [0, 0.1) is 0 Å². The Balaban J connectivity index is 1.55. The molecule has 1 saturated heterocycles. The van der Waals surface area contributed by atoms with Crippen molar-refractivity contribution in [3.8, 4) is 0 Å². The highest BCUT2D eigenvalue weighted by Crippen LogP contribution is 2.34. The van der Waals surface area contributed by atoms with E-state index in [1.807, 2.05) is 54.6 Å². The molecule has 180 valence electrons. The molecule has 1 aliphatic rings. The van der Waals surface area contributed by atoms with Gasteiger partial charge in [0.1, 0.15) is 23.7 Å². The van der Waals surface area contributed by atoms with E-state index in [0.717, 1.165) is 22.4 Å². The molecular weight excluding hydrogens is 444 g/mol. The Hall–Kier alpha value is -2.15. The predicted molar refractivity (Wildman–Crippen MR) is 138 cm³/mol. The number of benzene rings is 3. The molecule has 0 radical (unpaired) electrons. The highest BCUT2D eigenvalue weighted by atomic mass is 32.2. The molecule has 0 saturated carbocycles. The average Bonchev–Trinajstić information content (AvgIpc) is 2.88. The van der Waals surface area contributed by atoms with Crippen molar-refractivity contribution in [3.05, 3.63) is 108 Å². The molecule has 2 unspecified atom stereocenters. The Morgan fingerprint density at radius 3 is 1.47 bits per heavy atom. The summed E-state index contributed by atoms with van der Waals surface area (Å²) in [4.78, 5) is 0. The number of thioether (sulfide) groups is 1. The van der Waals surface area contributed by atoms with Gasteiger partial charge in [0.25, 0.3) is 0 Å². The SMILES string of the molecule is CCSC1O[C@@H](C)C(OCc2ccccc2)[C@@H](OCc2ccccc2)[C@@H]1OCc1ccccc1. The van der Waals surface area contributed by atoms with Crippen LogP contribution >= 0.6 is 11.8 Å². The Labute approximate surface area is 207 Å². The molecule has 1 fully saturated rings. The molecule has 34 heavy (non-hydrogen) atoms. The van der Waals surface area contributed by atoms with Crippen molar-refractivity contribution in [2.75, 3.05) is 5.75 Å². The summed E-state index contributed by atoms with van der Waals surface area (Å²) < 4.78 is 26.0. The third kappa shape index (κ3) is 6.94. The smallest absolute Gasteiger partial charge is 0.132 e. The van der Waals surface area contributed by atoms with Gasteiger partial charge in [0.15, 0.2) is 0 Å². The van der Waals surface area contributed by atoms with Crippen LogP contribution < -0.4 is 0 Å². The van der Waals surface area contributed by atoms with Gasteiger partial charge in [-0.2, -0.15) is 0 Å². The quantitative estimate of drug-likeness (QED) is 0.326. The first-order valence-corrected chi connectivity index (χ1v) is 13.0. The van der Waals surface area contributed by atoms with Gasteiger partial charge in [-0.25, -0.2) is 0 Å². The Morgan fingerprint density at radius 2 is 1.03 bits per heavy atom. The second kappa shape index (κ2) is 13.1. The number of hydrogen-bond donors (Lipinski definition) is 0. The number of rotatable bonds is 11. The summed E-state index contributed by atoms with van der Waals surface area (Å²) >= 11 is 1.76. The Bertz CT molecular complexity index is 954. The molecule has 0 N–H and O–H groups in total. The summed E-state index contributed by atoms with van der Waals surface area (Å²) in [5.41, 5.74) is 3.26. The minimum atomic E-state index is -0.263.